The van der Waals surface area contributed by atoms with E-state index in [1.165, 1.54) is 0 Å². The second kappa shape index (κ2) is 7.80. The van der Waals surface area contributed by atoms with Crippen molar-refractivity contribution in [1.82, 2.24) is 4.90 Å². The van der Waals surface area contributed by atoms with Crippen molar-refractivity contribution in [3.63, 3.8) is 0 Å². The van der Waals surface area contributed by atoms with E-state index in [2.05, 4.69) is 22.6 Å². The second-order valence-corrected chi connectivity index (χ2v) is 6.96. The minimum absolute atomic E-state index is 0.0383. The van der Waals surface area contributed by atoms with Crippen molar-refractivity contribution in [3.8, 4) is 0 Å². The summed E-state index contributed by atoms with van der Waals surface area (Å²) in [7, 11) is 0. The lowest BCUT2D eigenvalue weighted by Crippen LogP contribution is -2.47. The summed E-state index contributed by atoms with van der Waals surface area (Å²) in [5.74, 6) is -0.785. The Morgan fingerprint density at radius 1 is 1.14 bits per heavy atom. The van der Waals surface area contributed by atoms with Crippen molar-refractivity contribution < 1.29 is 14.3 Å². The Morgan fingerprint density at radius 2 is 1.68 bits per heavy atom. The number of carbonyl (C=O) groups excluding carboxylic acids is 2. The van der Waals surface area contributed by atoms with Crippen LogP contribution in [0.25, 0.3) is 0 Å². The van der Waals surface area contributed by atoms with Crippen LogP contribution in [0.15, 0.2) is 18.2 Å². The third-order valence-corrected chi connectivity index (χ3v) is 3.90. The van der Waals surface area contributed by atoms with Crippen LogP contribution >= 0.6 is 22.6 Å². The van der Waals surface area contributed by atoms with E-state index >= 15 is 0 Å². The maximum atomic E-state index is 12.5. The molecule has 0 saturated carbocycles. The van der Waals surface area contributed by atoms with Gasteiger partial charge in [0.15, 0.2) is 6.10 Å². The minimum atomic E-state index is -0.852. The normalized spacial score (nSPS) is 12.4. The maximum Gasteiger partial charge on any atom is 0.341 e. The van der Waals surface area contributed by atoms with Crippen LogP contribution in [0.4, 0.5) is 5.69 Å². The molecule has 0 spiro atoms. The van der Waals surface area contributed by atoms with Gasteiger partial charge >= 0.3 is 5.97 Å². The number of ether oxygens (including phenoxy) is 1. The van der Waals surface area contributed by atoms with Crippen LogP contribution in [-0.4, -0.2) is 35.0 Å². The second-order valence-electron chi connectivity index (χ2n) is 5.71. The Balaban J connectivity index is 2.87. The zero-order valence-corrected chi connectivity index (χ0v) is 15.7. The molecule has 1 rings (SSSR count). The lowest BCUT2D eigenvalue weighted by Gasteiger charge is -2.32. The van der Waals surface area contributed by atoms with Gasteiger partial charge in [-0.2, -0.15) is 0 Å². The van der Waals surface area contributed by atoms with Crippen molar-refractivity contribution >= 4 is 40.2 Å². The first-order valence-electron chi connectivity index (χ1n) is 7.23. The quantitative estimate of drug-likeness (QED) is 0.453. The van der Waals surface area contributed by atoms with Gasteiger partial charge in [0.1, 0.15) is 0 Å². The summed E-state index contributed by atoms with van der Waals surface area (Å²) in [6, 6.07) is 5.19. The van der Waals surface area contributed by atoms with Gasteiger partial charge in [0.25, 0.3) is 5.91 Å². The Labute approximate surface area is 145 Å². The standard InChI is InChI=1S/C16H23IN2O3/c1-9(2)19(10(3)4)15(20)11(5)22-16(21)13-8-12(17)6-7-14(13)18/h6-11H,18H2,1-5H3/t11-/m0/s1. The smallest absolute Gasteiger partial charge is 0.341 e. The molecule has 0 unspecified atom stereocenters. The number of amides is 1. The van der Waals surface area contributed by atoms with Crippen LogP contribution in [0.1, 0.15) is 45.0 Å². The fourth-order valence-electron chi connectivity index (χ4n) is 2.29. The van der Waals surface area contributed by atoms with E-state index in [0.29, 0.717) is 5.69 Å². The van der Waals surface area contributed by atoms with Crippen molar-refractivity contribution in [1.29, 1.82) is 0 Å². The van der Waals surface area contributed by atoms with Gasteiger partial charge in [-0.3, -0.25) is 4.79 Å². The molecule has 0 aromatic heterocycles. The SMILES string of the molecule is CC(C)N(C(=O)[C@H](C)OC(=O)c1cc(I)ccc1N)C(C)C. The van der Waals surface area contributed by atoms with Gasteiger partial charge in [-0.25, -0.2) is 4.79 Å². The number of halogens is 1. The highest BCUT2D eigenvalue weighted by Gasteiger charge is 2.28. The van der Waals surface area contributed by atoms with Gasteiger partial charge in [0.05, 0.1) is 5.56 Å². The zero-order chi connectivity index (χ0) is 17.0. The lowest BCUT2D eigenvalue weighted by molar-refractivity contribution is -0.143. The van der Waals surface area contributed by atoms with E-state index in [9.17, 15) is 9.59 Å². The number of esters is 1. The van der Waals surface area contributed by atoms with Crippen LogP contribution in [0.5, 0.6) is 0 Å². The van der Waals surface area contributed by atoms with E-state index in [1.54, 1.807) is 30.0 Å². The summed E-state index contributed by atoms with van der Waals surface area (Å²) in [5, 5.41) is 0. The van der Waals surface area contributed by atoms with E-state index in [-0.39, 0.29) is 23.6 Å². The van der Waals surface area contributed by atoms with E-state index in [0.717, 1.165) is 3.57 Å². The number of benzene rings is 1. The fourth-order valence-corrected chi connectivity index (χ4v) is 2.79. The average Bonchev–Trinajstić information content (AvgIpc) is 2.40. The molecule has 0 bridgehead atoms. The molecule has 6 heteroatoms. The van der Waals surface area contributed by atoms with Gasteiger partial charge in [-0.1, -0.05) is 0 Å². The molecule has 0 saturated heterocycles. The number of nitrogens with zero attached hydrogens (tertiary/aromatic N) is 1. The molecule has 5 nitrogen and oxygen atoms in total. The number of carbonyl (C=O) groups is 2. The molecule has 1 aromatic carbocycles. The molecule has 1 atom stereocenters. The minimum Gasteiger partial charge on any atom is -0.449 e. The third-order valence-electron chi connectivity index (χ3n) is 3.23. The monoisotopic (exact) mass is 418 g/mol. The Hall–Kier alpha value is -1.31. The summed E-state index contributed by atoms with van der Waals surface area (Å²) in [6.07, 6.45) is -0.852. The molecule has 0 aliphatic carbocycles. The van der Waals surface area contributed by atoms with Gasteiger partial charge < -0.3 is 15.4 Å². The first-order valence-corrected chi connectivity index (χ1v) is 8.31. The molecule has 0 aliphatic rings. The number of anilines is 1. The summed E-state index contributed by atoms with van der Waals surface area (Å²) in [4.78, 5) is 26.4. The van der Waals surface area contributed by atoms with Crippen LogP contribution < -0.4 is 5.73 Å². The molecule has 0 fully saturated rings. The summed E-state index contributed by atoms with van der Waals surface area (Å²) < 4.78 is 6.18. The molecule has 0 radical (unpaired) electrons. The molecule has 0 aliphatic heterocycles. The highest BCUT2D eigenvalue weighted by Crippen LogP contribution is 2.18. The number of nitrogen functional groups attached to an aromatic ring is 1. The topological polar surface area (TPSA) is 72.6 Å². The van der Waals surface area contributed by atoms with Gasteiger partial charge in [0.2, 0.25) is 0 Å². The predicted molar refractivity (Wildman–Crippen MR) is 95.6 cm³/mol. The first kappa shape index (κ1) is 18.7. The Kier molecular flexibility index (Phi) is 6.65. The molecular weight excluding hydrogens is 395 g/mol. The van der Waals surface area contributed by atoms with Crippen molar-refractivity contribution in [2.75, 3.05) is 5.73 Å². The van der Waals surface area contributed by atoms with Crippen molar-refractivity contribution in [3.05, 3.63) is 27.3 Å². The van der Waals surface area contributed by atoms with Crippen LogP contribution in [-0.2, 0) is 9.53 Å². The molecule has 2 N–H and O–H groups in total. The first-order chi connectivity index (χ1) is 10.1. The Morgan fingerprint density at radius 3 is 2.18 bits per heavy atom. The summed E-state index contributed by atoms with van der Waals surface area (Å²) in [6.45, 7) is 9.32. The number of nitrogens with two attached hydrogens (primary N) is 1. The number of hydrogen-bond acceptors (Lipinski definition) is 4. The highest BCUT2D eigenvalue weighted by atomic mass is 127. The summed E-state index contributed by atoms with van der Waals surface area (Å²) >= 11 is 2.09. The van der Waals surface area contributed by atoms with Gasteiger partial charge in [0, 0.05) is 21.3 Å². The third kappa shape index (κ3) is 4.59. The maximum absolute atomic E-state index is 12.5. The van der Waals surface area contributed by atoms with E-state index in [4.69, 9.17) is 10.5 Å². The average molecular weight is 418 g/mol. The Bertz CT molecular complexity index is 550. The molecule has 1 amide bonds. The molecule has 0 heterocycles. The lowest BCUT2D eigenvalue weighted by atomic mass is 10.1. The molecular formula is C16H23IN2O3. The molecule has 22 heavy (non-hydrogen) atoms. The summed E-state index contributed by atoms with van der Waals surface area (Å²) in [5.41, 5.74) is 6.43. The van der Waals surface area contributed by atoms with Crippen LogP contribution in [0.3, 0.4) is 0 Å². The van der Waals surface area contributed by atoms with Crippen molar-refractivity contribution in [2.24, 2.45) is 0 Å². The zero-order valence-electron chi connectivity index (χ0n) is 13.6. The van der Waals surface area contributed by atoms with E-state index in [1.807, 2.05) is 27.7 Å². The molecule has 1 aromatic rings. The van der Waals surface area contributed by atoms with Crippen LogP contribution in [0.2, 0.25) is 0 Å². The largest absolute Gasteiger partial charge is 0.449 e. The van der Waals surface area contributed by atoms with Crippen molar-refractivity contribution in [2.45, 2.75) is 52.8 Å². The van der Waals surface area contributed by atoms with E-state index < -0.39 is 12.1 Å². The number of rotatable bonds is 5. The number of hydrogen-bond donors (Lipinski definition) is 1. The van der Waals surface area contributed by atoms with Crippen LogP contribution in [0, 0.1) is 3.57 Å². The van der Waals surface area contributed by atoms with Gasteiger partial charge in [-0.05, 0) is 75.4 Å². The molecule has 122 valence electrons. The predicted octanol–water partition coefficient (Wildman–Crippen LogP) is 3.06. The fraction of sp³-hybridized carbons (Fsp3) is 0.500. The highest BCUT2D eigenvalue weighted by molar-refractivity contribution is 14.1. The van der Waals surface area contributed by atoms with Gasteiger partial charge in [-0.15, -0.1) is 0 Å².